The highest BCUT2D eigenvalue weighted by Crippen LogP contribution is 2.27. The first kappa shape index (κ1) is 13.5. The van der Waals surface area contributed by atoms with Gasteiger partial charge in [-0.05, 0) is 34.5 Å². The zero-order chi connectivity index (χ0) is 12.1. The highest BCUT2D eigenvalue weighted by Gasteiger charge is 2.12. The molecule has 0 amide bonds. The van der Waals surface area contributed by atoms with Crippen molar-refractivity contribution in [2.45, 2.75) is 30.5 Å². The van der Waals surface area contributed by atoms with E-state index in [4.69, 9.17) is 0 Å². The lowest BCUT2D eigenvalue weighted by Gasteiger charge is -2.10. The number of hydrogen-bond donors (Lipinski definition) is 0. The van der Waals surface area contributed by atoms with Crippen LogP contribution in [0.5, 0.6) is 0 Å². The number of aromatic nitrogens is 1. The number of nitrogens with zero attached hydrogens (tertiary/aromatic N) is 1. The average Bonchev–Trinajstić information content (AvgIpc) is 2.22. The molecule has 1 heterocycles. The van der Waals surface area contributed by atoms with E-state index in [2.05, 4.69) is 25.7 Å². The van der Waals surface area contributed by atoms with Gasteiger partial charge in [-0.1, -0.05) is 6.92 Å². The number of thioether (sulfide) groups is 1. The van der Waals surface area contributed by atoms with Gasteiger partial charge in [0.15, 0.2) is 0 Å². The van der Waals surface area contributed by atoms with Crippen LogP contribution < -0.4 is 0 Å². The molecule has 88 valence electrons. The Morgan fingerprint density at radius 1 is 1.69 bits per heavy atom. The Morgan fingerprint density at radius 3 is 2.94 bits per heavy atom. The van der Waals surface area contributed by atoms with E-state index in [0.717, 1.165) is 15.1 Å². The standard InChI is InChI=1S/C11H14BrNO2S/c1-7-4-9(12)6-13-11(7)16-8(2)5-10(14)15-3/h4,6,8H,5H2,1-3H3. The molecule has 0 radical (unpaired) electrons. The second-order valence-electron chi connectivity index (χ2n) is 3.48. The van der Waals surface area contributed by atoms with Crippen molar-refractivity contribution < 1.29 is 9.53 Å². The molecule has 0 aromatic carbocycles. The number of esters is 1. The predicted molar refractivity (Wildman–Crippen MR) is 68.6 cm³/mol. The second-order valence-corrected chi connectivity index (χ2v) is 5.83. The van der Waals surface area contributed by atoms with Gasteiger partial charge in [-0.25, -0.2) is 4.98 Å². The minimum absolute atomic E-state index is 0.167. The van der Waals surface area contributed by atoms with Crippen LogP contribution in [0.3, 0.4) is 0 Å². The molecule has 0 saturated carbocycles. The zero-order valence-corrected chi connectivity index (χ0v) is 11.9. The van der Waals surface area contributed by atoms with Gasteiger partial charge in [-0.2, -0.15) is 0 Å². The van der Waals surface area contributed by atoms with E-state index < -0.39 is 0 Å². The van der Waals surface area contributed by atoms with Crippen molar-refractivity contribution in [3.05, 3.63) is 22.3 Å². The van der Waals surface area contributed by atoms with Crippen molar-refractivity contribution in [3.8, 4) is 0 Å². The van der Waals surface area contributed by atoms with E-state index in [1.165, 1.54) is 7.11 Å². The number of aryl methyl sites for hydroxylation is 1. The largest absolute Gasteiger partial charge is 0.469 e. The predicted octanol–water partition coefficient (Wildman–Crippen LogP) is 3.20. The van der Waals surface area contributed by atoms with Gasteiger partial charge in [0.05, 0.1) is 18.6 Å². The van der Waals surface area contributed by atoms with Gasteiger partial charge in [0.2, 0.25) is 0 Å². The van der Waals surface area contributed by atoms with Crippen LogP contribution in [0.2, 0.25) is 0 Å². The molecule has 0 spiro atoms. The van der Waals surface area contributed by atoms with Crippen LogP contribution in [0.1, 0.15) is 18.9 Å². The number of methoxy groups -OCH3 is 1. The monoisotopic (exact) mass is 303 g/mol. The number of pyridine rings is 1. The van der Waals surface area contributed by atoms with Crippen LogP contribution in [-0.2, 0) is 9.53 Å². The van der Waals surface area contributed by atoms with Gasteiger partial charge in [0.25, 0.3) is 0 Å². The van der Waals surface area contributed by atoms with Gasteiger partial charge >= 0.3 is 5.97 Å². The van der Waals surface area contributed by atoms with Crippen molar-refractivity contribution in [2.75, 3.05) is 7.11 Å². The van der Waals surface area contributed by atoms with E-state index in [9.17, 15) is 4.79 Å². The molecule has 1 rings (SSSR count). The first-order valence-corrected chi connectivity index (χ1v) is 6.55. The molecule has 0 aliphatic carbocycles. The highest BCUT2D eigenvalue weighted by atomic mass is 79.9. The van der Waals surface area contributed by atoms with E-state index in [-0.39, 0.29) is 11.2 Å². The van der Waals surface area contributed by atoms with Gasteiger partial charge in [0.1, 0.15) is 0 Å². The topological polar surface area (TPSA) is 39.2 Å². The normalized spacial score (nSPS) is 12.2. The van der Waals surface area contributed by atoms with Crippen molar-refractivity contribution in [2.24, 2.45) is 0 Å². The first-order chi connectivity index (χ1) is 7.52. The van der Waals surface area contributed by atoms with Crippen LogP contribution >= 0.6 is 27.7 Å². The minimum atomic E-state index is -0.185. The molecular weight excluding hydrogens is 290 g/mol. The summed E-state index contributed by atoms with van der Waals surface area (Å²) in [5.74, 6) is -0.185. The Labute approximate surface area is 108 Å². The molecule has 0 bridgehead atoms. The number of halogens is 1. The lowest BCUT2D eigenvalue weighted by atomic mass is 10.3. The van der Waals surface area contributed by atoms with Crippen LogP contribution in [0.25, 0.3) is 0 Å². The maximum absolute atomic E-state index is 11.1. The van der Waals surface area contributed by atoms with Crippen LogP contribution in [0.4, 0.5) is 0 Å². The van der Waals surface area contributed by atoms with Crippen LogP contribution in [0.15, 0.2) is 21.8 Å². The van der Waals surface area contributed by atoms with Gasteiger partial charge < -0.3 is 4.74 Å². The Hall–Kier alpha value is -0.550. The molecule has 3 nitrogen and oxygen atoms in total. The molecule has 0 saturated heterocycles. The summed E-state index contributed by atoms with van der Waals surface area (Å²) in [4.78, 5) is 15.4. The lowest BCUT2D eigenvalue weighted by Crippen LogP contribution is -2.08. The third-order valence-electron chi connectivity index (χ3n) is 1.99. The molecule has 16 heavy (non-hydrogen) atoms. The summed E-state index contributed by atoms with van der Waals surface area (Å²) >= 11 is 4.96. The molecular formula is C11H14BrNO2S. The second kappa shape index (κ2) is 6.25. The Kier molecular flexibility index (Phi) is 5.28. The van der Waals surface area contributed by atoms with E-state index in [1.54, 1.807) is 18.0 Å². The number of carbonyl (C=O) groups is 1. The van der Waals surface area contributed by atoms with Crippen molar-refractivity contribution in [1.29, 1.82) is 0 Å². The number of rotatable bonds is 4. The van der Waals surface area contributed by atoms with E-state index in [0.29, 0.717) is 6.42 Å². The fourth-order valence-electron chi connectivity index (χ4n) is 1.20. The molecule has 1 atom stereocenters. The smallest absolute Gasteiger partial charge is 0.306 e. The maximum atomic E-state index is 11.1. The quantitative estimate of drug-likeness (QED) is 0.632. The highest BCUT2D eigenvalue weighted by molar-refractivity contribution is 9.10. The summed E-state index contributed by atoms with van der Waals surface area (Å²) in [5, 5.41) is 1.12. The van der Waals surface area contributed by atoms with Crippen molar-refractivity contribution in [1.82, 2.24) is 4.98 Å². The third-order valence-corrected chi connectivity index (χ3v) is 3.64. The van der Waals surface area contributed by atoms with Gasteiger partial charge in [-0.3, -0.25) is 4.79 Å². The SMILES string of the molecule is COC(=O)CC(C)Sc1ncc(Br)cc1C. The average molecular weight is 304 g/mol. The summed E-state index contributed by atoms with van der Waals surface area (Å²) in [6.07, 6.45) is 2.17. The van der Waals surface area contributed by atoms with Crippen molar-refractivity contribution >= 4 is 33.7 Å². The molecule has 1 unspecified atom stereocenters. The molecule has 5 heteroatoms. The number of carbonyl (C=O) groups excluding carboxylic acids is 1. The first-order valence-electron chi connectivity index (χ1n) is 4.88. The fourth-order valence-corrected chi connectivity index (χ4v) is 2.61. The van der Waals surface area contributed by atoms with E-state index >= 15 is 0 Å². The summed E-state index contributed by atoms with van der Waals surface area (Å²) in [7, 11) is 1.41. The summed E-state index contributed by atoms with van der Waals surface area (Å²) in [5.41, 5.74) is 1.11. The van der Waals surface area contributed by atoms with Crippen molar-refractivity contribution in [3.63, 3.8) is 0 Å². The van der Waals surface area contributed by atoms with E-state index in [1.807, 2.05) is 19.9 Å². The summed E-state index contributed by atoms with van der Waals surface area (Å²) in [6, 6.07) is 2.01. The van der Waals surface area contributed by atoms with Gasteiger partial charge in [-0.15, -0.1) is 11.8 Å². The molecule has 0 aliphatic heterocycles. The Balaban J connectivity index is 2.62. The Morgan fingerprint density at radius 2 is 2.38 bits per heavy atom. The number of hydrogen-bond acceptors (Lipinski definition) is 4. The maximum Gasteiger partial charge on any atom is 0.306 e. The summed E-state index contributed by atoms with van der Waals surface area (Å²) < 4.78 is 5.60. The molecule has 0 aliphatic rings. The molecule has 1 aromatic rings. The zero-order valence-electron chi connectivity index (χ0n) is 9.49. The van der Waals surface area contributed by atoms with Crippen LogP contribution in [-0.4, -0.2) is 23.3 Å². The molecule has 1 aromatic heterocycles. The third kappa shape index (κ3) is 4.14. The minimum Gasteiger partial charge on any atom is -0.469 e. The molecule has 0 N–H and O–H groups in total. The van der Waals surface area contributed by atoms with Crippen LogP contribution in [0, 0.1) is 6.92 Å². The summed E-state index contributed by atoms with van der Waals surface area (Å²) in [6.45, 7) is 4.00. The fraction of sp³-hybridized carbons (Fsp3) is 0.455. The van der Waals surface area contributed by atoms with Gasteiger partial charge in [0, 0.05) is 15.9 Å². The molecule has 0 fully saturated rings. The lowest BCUT2D eigenvalue weighted by molar-refractivity contribution is -0.140. The Bertz CT molecular complexity index is 384. The number of ether oxygens (including phenoxy) is 1.